The number of allylic oxidation sites excluding steroid dienone is 1. The maximum Gasteiger partial charge on any atom is 0.206 e. The van der Waals surface area contributed by atoms with Gasteiger partial charge in [-0.15, -0.1) is 0 Å². The van der Waals surface area contributed by atoms with Gasteiger partial charge in [-0.1, -0.05) is 65.0 Å². The first-order chi connectivity index (χ1) is 11.9. The molecule has 1 aromatic rings. The minimum Gasteiger partial charge on any atom is -0.413 e. The molecule has 0 unspecified atom stereocenters. The lowest BCUT2D eigenvalue weighted by Gasteiger charge is -2.41. The lowest BCUT2D eigenvalue weighted by molar-refractivity contribution is 0.112. The third-order valence-corrected chi connectivity index (χ3v) is 11.9. The van der Waals surface area contributed by atoms with Gasteiger partial charge in [-0.3, -0.25) is 0 Å². The van der Waals surface area contributed by atoms with Crippen molar-refractivity contribution in [3.63, 3.8) is 0 Å². The molecule has 1 aromatic carbocycles. The highest BCUT2D eigenvalue weighted by Crippen LogP contribution is 2.40. The molecule has 0 amide bonds. The third kappa shape index (κ3) is 4.38. The van der Waals surface area contributed by atoms with Gasteiger partial charge in [-0.25, -0.2) is 8.42 Å². The summed E-state index contributed by atoms with van der Waals surface area (Å²) in [7, 11) is -5.45. The molecule has 0 aliphatic heterocycles. The van der Waals surface area contributed by atoms with Crippen molar-refractivity contribution in [1.29, 1.82) is 0 Å². The van der Waals surface area contributed by atoms with Crippen molar-refractivity contribution < 1.29 is 12.8 Å². The standard InChI is InChI=1S/C21H32O3SSi/c1-16-13-14-19(25(22,23)18-11-9-8-10-12-18)15-17(2)20(16)24-26(6,7)21(3,4)5/h8-17,20H,1-7H3/t16-,17-,20-/m0/s1. The Morgan fingerprint density at radius 2 is 1.58 bits per heavy atom. The lowest BCUT2D eigenvalue weighted by atomic mass is 9.95. The molecule has 0 spiro atoms. The molecule has 0 heterocycles. The van der Waals surface area contributed by atoms with E-state index in [4.69, 9.17) is 4.43 Å². The summed E-state index contributed by atoms with van der Waals surface area (Å²) in [5.74, 6) is 0.168. The van der Waals surface area contributed by atoms with E-state index < -0.39 is 18.2 Å². The van der Waals surface area contributed by atoms with Crippen LogP contribution < -0.4 is 0 Å². The number of hydrogen-bond donors (Lipinski definition) is 0. The van der Waals surface area contributed by atoms with Crippen molar-refractivity contribution >= 4 is 18.2 Å². The maximum absolute atomic E-state index is 13.0. The summed E-state index contributed by atoms with van der Waals surface area (Å²) in [5, 5.41) is 0.116. The lowest BCUT2D eigenvalue weighted by Crippen LogP contribution is -2.46. The van der Waals surface area contributed by atoms with Crippen molar-refractivity contribution in [2.45, 2.75) is 63.8 Å². The molecule has 2 rings (SSSR count). The molecule has 26 heavy (non-hydrogen) atoms. The van der Waals surface area contributed by atoms with E-state index in [1.807, 2.05) is 18.2 Å². The van der Waals surface area contributed by atoms with E-state index >= 15 is 0 Å². The molecule has 0 saturated heterocycles. The Kier molecular flexibility index (Phi) is 6.05. The first-order valence-electron chi connectivity index (χ1n) is 9.24. The van der Waals surface area contributed by atoms with Crippen molar-refractivity contribution in [3.8, 4) is 0 Å². The van der Waals surface area contributed by atoms with Crippen LogP contribution in [0.3, 0.4) is 0 Å². The molecular weight excluding hydrogens is 360 g/mol. The molecule has 0 bridgehead atoms. The Morgan fingerprint density at radius 3 is 2.12 bits per heavy atom. The van der Waals surface area contributed by atoms with Gasteiger partial charge in [-0.05, 0) is 42.3 Å². The van der Waals surface area contributed by atoms with Gasteiger partial charge in [0.15, 0.2) is 8.32 Å². The Labute approximate surface area is 160 Å². The molecule has 3 atom stereocenters. The Bertz CT molecular complexity index is 786. The fourth-order valence-corrected chi connectivity index (χ4v) is 5.79. The molecule has 0 radical (unpaired) electrons. The predicted octanol–water partition coefficient (Wildman–Crippen LogP) is 5.58. The van der Waals surface area contributed by atoms with Gasteiger partial charge in [0, 0.05) is 5.92 Å². The van der Waals surface area contributed by atoms with E-state index in [1.165, 1.54) is 0 Å². The van der Waals surface area contributed by atoms with Crippen LogP contribution in [0.25, 0.3) is 0 Å². The smallest absolute Gasteiger partial charge is 0.206 e. The predicted molar refractivity (Wildman–Crippen MR) is 111 cm³/mol. The molecule has 0 saturated carbocycles. The zero-order valence-electron chi connectivity index (χ0n) is 17.0. The second-order valence-electron chi connectivity index (χ2n) is 8.81. The normalized spacial score (nSPS) is 24.9. The molecule has 5 heteroatoms. The zero-order chi connectivity index (χ0) is 19.8. The highest BCUT2D eigenvalue weighted by atomic mass is 32.2. The maximum atomic E-state index is 13.0. The van der Waals surface area contributed by atoms with Crippen LogP contribution in [0.4, 0.5) is 0 Å². The van der Waals surface area contributed by atoms with Crippen LogP contribution in [0.1, 0.15) is 34.6 Å². The van der Waals surface area contributed by atoms with Crippen LogP contribution in [0, 0.1) is 11.8 Å². The average molecular weight is 393 g/mol. The molecule has 0 N–H and O–H groups in total. The highest BCUT2D eigenvalue weighted by Gasteiger charge is 2.41. The summed E-state index contributed by atoms with van der Waals surface area (Å²) in [6, 6.07) is 8.62. The Morgan fingerprint density at radius 1 is 1.00 bits per heavy atom. The molecule has 144 valence electrons. The number of sulfone groups is 1. The largest absolute Gasteiger partial charge is 0.413 e. The summed E-state index contributed by atoms with van der Waals surface area (Å²) < 4.78 is 32.6. The first-order valence-corrected chi connectivity index (χ1v) is 13.6. The first kappa shape index (κ1) is 21.1. The molecule has 3 nitrogen and oxygen atoms in total. The summed E-state index contributed by atoms with van der Waals surface area (Å²) in [5.41, 5.74) is 0. The number of rotatable bonds is 4. The van der Waals surface area contributed by atoms with Gasteiger partial charge in [0.2, 0.25) is 9.84 Å². The average Bonchev–Trinajstić information content (AvgIpc) is 2.68. The summed E-state index contributed by atoms with van der Waals surface area (Å²) in [6.07, 6.45) is 5.57. The molecular formula is C21H32O3SSi. The van der Waals surface area contributed by atoms with Crippen molar-refractivity contribution in [3.05, 3.63) is 53.5 Å². The van der Waals surface area contributed by atoms with E-state index in [9.17, 15) is 8.42 Å². The highest BCUT2D eigenvalue weighted by molar-refractivity contribution is 7.95. The molecule has 1 aliphatic carbocycles. The second kappa shape index (κ2) is 7.45. The van der Waals surface area contributed by atoms with Crippen LogP contribution in [0.15, 0.2) is 58.4 Å². The van der Waals surface area contributed by atoms with Crippen LogP contribution >= 0.6 is 0 Å². The molecule has 0 aromatic heterocycles. The van der Waals surface area contributed by atoms with E-state index in [0.717, 1.165) is 0 Å². The van der Waals surface area contributed by atoms with E-state index in [0.29, 0.717) is 9.80 Å². The Hall–Kier alpha value is -1.17. The van der Waals surface area contributed by atoms with Crippen molar-refractivity contribution in [1.82, 2.24) is 0 Å². The van der Waals surface area contributed by atoms with Gasteiger partial charge < -0.3 is 4.43 Å². The van der Waals surface area contributed by atoms with Crippen LogP contribution in [-0.4, -0.2) is 22.8 Å². The van der Waals surface area contributed by atoms with Crippen molar-refractivity contribution in [2.24, 2.45) is 11.8 Å². The van der Waals surface area contributed by atoms with Crippen LogP contribution in [0.2, 0.25) is 18.1 Å². The van der Waals surface area contributed by atoms with E-state index in [2.05, 4.69) is 47.7 Å². The number of hydrogen-bond acceptors (Lipinski definition) is 3. The zero-order valence-corrected chi connectivity index (χ0v) is 18.8. The van der Waals surface area contributed by atoms with E-state index in [1.54, 1.807) is 30.3 Å². The van der Waals surface area contributed by atoms with Crippen LogP contribution in [-0.2, 0) is 14.3 Å². The fourth-order valence-electron chi connectivity index (χ4n) is 2.89. The Balaban J connectivity index is 2.37. The van der Waals surface area contributed by atoms with Gasteiger partial charge in [0.25, 0.3) is 0 Å². The second-order valence-corrected chi connectivity index (χ2v) is 15.5. The van der Waals surface area contributed by atoms with Gasteiger partial charge in [0.05, 0.1) is 15.9 Å². The quantitative estimate of drug-likeness (QED) is 0.629. The third-order valence-electron chi connectivity index (χ3n) is 5.63. The minimum atomic E-state index is -3.51. The summed E-state index contributed by atoms with van der Waals surface area (Å²) >= 11 is 0. The van der Waals surface area contributed by atoms with Crippen LogP contribution in [0.5, 0.6) is 0 Å². The van der Waals surface area contributed by atoms with Gasteiger partial charge in [0.1, 0.15) is 0 Å². The number of benzene rings is 1. The van der Waals surface area contributed by atoms with E-state index in [-0.39, 0.29) is 23.0 Å². The van der Waals surface area contributed by atoms with Gasteiger partial charge >= 0.3 is 0 Å². The summed E-state index contributed by atoms with van der Waals surface area (Å²) in [4.78, 5) is 0.698. The molecule has 1 aliphatic rings. The minimum absolute atomic E-state index is 0.0163. The topological polar surface area (TPSA) is 43.4 Å². The fraction of sp³-hybridized carbons (Fsp3) is 0.524. The van der Waals surface area contributed by atoms with Crippen molar-refractivity contribution in [2.75, 3.05) is 0 Å². The SMILES string of the molecule is C[C@H]1C=CC(S(=O)(=O)c2ccccc2)=C[C@H](C)[C@H]1O[Si](C)(C)C(C)(C)C. The molecule has 0 fully saturated rings. The monoisotopic (exact) mass is 392 g/mol. The van der Waals surface area contributed by atoms with Gasteiger partial charge in [-0.2, -0.15) is 0 Å². The summed E-state index contributed by atoms with van der Waals surface area (Å²) in [6.45, 7) is 15.3.